The third kappa shape index (κ3) is 5.39. The number of aryl methyl sites for hydroxylation is 1. The van der Waals surface area contributed by atoms with Gasteiger partial charge in [0.1, 0.15) is 17.4 Å². The third-order valence-electron chi connectivity index (χ3n) is 5.82. The molecule has 1 amide bonds. The van der Waals surface area contributed by atoms with Crippen molar-refractivity contribution in [1.29, 1.82) is 0 Å². The SMILES string of the molecule is COc1cc2c(NC(C)c3cc(N)cc(C(F)(F)F)c3)nc(C)nc2cc1C(=O)N1CCSCC1. The van der Waals surface area contributed by atoms with E-state index in [9.17, 15) is 18.0 Å². The average molecular weight is 506 g/mol. The molecule has 0 spiro atoms. The summed E-state index contributed by atoms with van der Waals surface area (Å²) in [6.45, 7) is 4.77. The van der Waals surface area contributed by atoms with Gasteiger partial charge in [0.15, 0.2) is 0 Å². The summed E-state index contributed by atoms with van der Waals surface area (Å²) >= 11 is 1.81. The molecule has 11 heteroatoms. The number of rotatable bonds is 5. The fourth-order valence-corrected chi connectivity index (χ4v) is 4.94. The van der Waals surface area contributed by atoms with Gasteiger partial charge in [-0.05, 0) is 49.7 Å². The van der Waals surface area contributed by atoms with Gasteiger partial charge in [-0.3, -0.25) is 4.79 Å². The number of ether oxygens (including phenoxy) is 1. The number of aromatic nitrogens is 2. The molecule has 1 unspecified atom stereocenters. The Labute approximate surface area is 205 Å². The highest BCUT2D eigenvalue weighted by Gasteiger charge is 2.31. The number of anilines is 2. The van der Waals surface area contributed by atoms with Crippen molar-refractivity contribution >= 4 is 40.1 Å². The van der Waals surface area contributed by atoms with Crippen molar-refractivity contribution in [3.63, 3.8) is 0 Å². The number of carbonyl (C=O) groups is 1. The molecule has 35 heavy (non-hydrogen) atoms. The number of hydrogen-bond acceptors (Lipinski definition) is 7. The zero-order valence-corrected chi connectivity index (χ0v) is 20.4. The molecule has 7 nitrogen and oxygen atoms in total. The minimum atomic E-state index is -4.51. The maximum absolute atomic E-state index is 13.3. The van der Waals surface area contributed by atoms with Crippen LogP contribution >= 0.6 is 11.8 Å². The highest BCUT2D eigenvalue weighted by molar-refractivity contribution is 7.99. The molecule has 1 aliphatic heterocycles. The normalized spacial score (nSPS) is 15.2. The number of nitrogen functional groups attached to an aromatic ring is 1. The van der Waals surface area contributed by atoms with Crippen LogP contribution in [0.2, 0.25) is 0 Å². The summed E-state index contributed by atoms with van der Waals surface area (Å²) in [7, 11) is 1.49. The number of benzene rings is 2. The number of nitrogens with zero attached hydrogens (tertiary/aromatic N) is 3. The van der Waals surface area contributed by atoms with E-state index in [0.29, 0.717) is 52.5 Å². The van der Waals surface area contributed by atoms with Crippen LogP contribution in [0, 0.1) is 6.92 Å². The predicted molar refractivity (Wildman–Crippen MR) is 132 cm³/mol. The molecule has 1 atom stereocenters. The Morgan fingerprint density at radius 1 is 1.17 bits per heavy atom. The molecule has 0 saturated carbocycles. The van der Waals surface area contributed by atoms with Crippen LogP contribution in [-0.4, -0.2) is 52.5 Å². The smallest absolute Gasteiger partial charge is 0.416 e. The van der Waals surface area contributed by atoms with Gasteiger partial charge in [0.2, 0.25) is 0 Å². The highest BCUT2D eigenvalue weighted by Crippen LogP contribution is 2.35. The molecule has 3 aromatic rings. The summed E-state index contributed by atoms with van der Waals surface area (Å²) in [4.78, 5) is 23.9. The van der Waals surface area contributed by atoms with E-state index in [1.165, 1.54) is 13.2 Å². The first-order chi connectivity index (χ1) is 16.6. The third-order valence-corrected chi connectivity index (χ3v) is 6.76. The number of halogens is 3. The van der Waals surface area contributed by atoms with Gasteiger partial charge in [-0.15, -0.1) is 0 Å². The molecule has 1 saturated heterocycles. The summed E-state index contributed by atoms with van der Waals surface area (Å²) in [5, 5.41) is 3.77. The van der Waals surface area contributed by atoms with Gasteiger partial charge in [0.25, 0.3) is 5.91 Å². The number of nitrogens with one attached hydrogen (secondary N) is 1. The molecule has 186 valence electrons. The maximum atomic E-state index is 13.3. The summed E-state index contributed by atoms with van der Waals surface area (Å²) in [5.74, 6) is 2.90. The Morgan fingerprint density at radius 3 is 2.54 bits per heavy atom. The molecular formula is C24H26F3N5O2S. The topological polar surface area (TPSA) is 93.4 Å². The van der Waals surface area contributed by atoms with Crippen LogP contribution in [0.4, 0.5) is 24.7 Å². The minimum absolute atomic E-state index is 0.0214. The lowest BCUT2D eigenvalue weighted by molar-refractivity contribution is -0.137. The molecule has 1 fully saturated rings. The monoisotopic (exact) mass is 505 g/mol. The summed E-state index contributed by atoms with van der Waals surface area (Å²) in [6, 6.07) is 6.30. The average Bonchev–Trinajstić information content (AvgIpc) is 2.82. The molecule has 2 heterocycles. The summed E-state index contributed by atoms with van der Waals surface area (Å²) < 4.78 is 45.4. The van der Waals surface area contributed by atoms with Crippen LogP contribution in [0.3, 0.4) is 0 Å². The first-order valence-corrected chi connectivity index (χ1v) is 12.2. The van der Waals surface area contributed by atoms with Crippen molar-refractivity contribution in [2.24, 2.45) is 0 Å². The standard InChI is InChI=1S/C24H26F3N5O2S/c1-13(15-8-16(24(25,26)27)10-17(28)9-15)29-22-18-12-21(34-3)19(11-20(18)30-14(2)31-22)23(33)32-4-6-35-7-5-32/h8-13H,4-7,28H2,1-3H3,(H,29,30,31). The fraction of sp³-hybridized carbons (Fsp3) is 0.375. The maximum Gasteiger partial charge on any atom is 0.416 e. The van der Waals surface area contributed by atoms with Crippen molar-refractivity contribution in [2.75, 3.05) is 42.8 Å². The van der Waals surface area contributed by atoms with Crippen molar-refractivity contribution in [3.8, 4) is 5.75 Å². The Kier molecular flexibility index (Phi) is 6.98. The number of carbonyl (C=O) groups excluding carboxylic acids is 1. The van der Waals surface area contributed by atoms with Crippen molar-refractivity contribution < 1.29 is 22.7 Å². The van der Waals surface area contributed by atoms with Crippen LogP contribution in [-0.2, 0) is 6.18 Å². The summed E-state index contributed by atoms with van der Waals surface area (Å²) in [5.41, 5.74) is 6.26. The van der Waals surface area contributed by atoms with Gasteiger partial charge < -0.3 is 20.7 Å². The number of thioether (sulfide) groups is 1. The van der Waals surface area contributed by atoms with Crippen molar-refractivity contribution in [2.45, 2.75) is 26.1 Å². The molecule has 0 bridgehead atoms. The van der Waals surface area contributed by atoms with Gasteiger partial charge in [-0.25, -0.2) is 9.97 Å². The molecular weight excluding hydrogens is 479 g/mol. The first kappa shape index (κ1) is 24.9. The van der Waals surface area contributed by atoms with Gasteiger partial charge in [-0.1, -0.05) is 0 Å². The van der Waals surface area contributed by atoms with E-state index in [-0.39, 0.29) is 11.6 Å². The lowest BCUT2D eigenvalue weighted by Crippen LogP contribution is -2.38. The van der Waals surface area contributed by atoms with Crippen LogP contribution < -0.4 is 15.8 Å². The number of alkyl halides is 3. The minimum Gasteiger partial charge on any atom is -0.496 e. The van der Waals surface area contributed by atoms with Gasteiger partial charge in [0.05, 0.1) is 29.8 Å². The largest absolute Gasteiger partial charge is 0.496 e. The molecule has 4 rings (SSSR count). The molecule has 2 aromatic carbocycles. The highest BCUT2D eigenvalue weighted by atomic mass is 32.2. The zero-order chi connectivity index (χ0) is 25.3. The molecule has 1 aliphatic rings. The van der Waals surface area contributed by atoms with Gasteiger partial charge in [0, 0.05) is 35.7 Å². The Balaban J connectivity index is 1.72. The number of nitrogens with two attached hydrogens (primary N) is 1. The van der Waals surface area contributed by atoms with E-state index < -0.39 is 17.8 Å². The number of fused-ring (bicyclic) bond motifs is 1. The van der Waals surface area contributed by atoms with E-state index in [0.717, 1.165) is 23.6 Å². The van der Waals surface area contributed by atoms with E-state index in [1.807, 2.05) is 11.8 Å². The first-order valence-electron chi connectivity index (χ1n) is 11.0. The summed E-state index contributed by atoms with van der Waals surface area (Å²) in [6.07, 6.45) is -4.51. The van der Waals surface area contributed by atoms with Crippen LogP contribution in [0.25, 0.3) is 10.9 Å². The number of amides is 1. The van der Waals surface area contributed by atoms with E-state index in [2.05, 4.69) is 15.3 Å². The van der Waals surface area contributed by atoms with Gasteiger partial charge >= 0.3 is 6.18 Å². The van der Waals surface area contributed by atoms with Gasteiger partial charge in [-0.2, -0.15) is 24.9 Å². The second-order valence-corrected chi connectivity index (χ2v) is 9.57. The van der Waals surface area contributed by atoms with Crippen molar-refractivity contribution in [3.05, 3.63) is 52.8 Å². The lowest BCUT2D eigenvalue weighted by atomic mass is 10.0. The second-order valence-electron chi connectivity index (χ2n) is 8.35. The fourth-order valence-electron chi connectivity index (χ4n) is 4.03. The quantitative estimate of drug-likeness (QED) is 0.476. The lowest BCUT2D eigenvalue weighted by Gasteiger charge is -2.27. The molecule has 3 N–H and O–H groups in total. The van der Waals surface area contributed by atoms with E-state index in [4.69, 9.17) is 10.5 Å². The van der Waals surface area contributed by atoms with Crippen LogP contribution in [0.1, 0.15) is 40.3 Å². The Hall–Kier alpha value is -3.21. The number of hydrogen-bond donors (Lipinski definition) is 2. The second kappa shape index (κ2) is 9.80. The number of methoxy groups -OCH3 is 1. The van der Waals surface area contributed by atoms with Crippen LogP contribution in [0.5, 0.6) is 5.75 Å². The van der Waals surface area contributed by atoms with Crippen LogP contribution in [0.15, 0.2) is 30.3 Å². The zero-order valence-electron chi connectivity index (χ0n) is 19.6. The molecule has 0 aliphatic carbocycles. The Bertz CT molecular complexity index is 1260. The molecule has 0 radical (unpaired) electrons. The van der Waals surface area contributed by atoms with Crippen molar-refractivity contribution in [1.82, 2.24) is 14.9 Å². The van der Waals surface area contributed by atoms with E-state index in [1.54, 1.807) is 30.9 Å². The predicted octanol–water partition coefficient (Wildman–Crippen LogP) is 4.91. The molecule has 1 aromatic heterocycles. The van der Waals surface area contributed by atoms with E-state index >= 15 is 0 Å². The Morgan fingerprint density at radius 2 is 1.89 bits per heavy atom.